The molecular weight excluding hydrogens is 393 g/mol. The van der Waals surface area contributed by atoms with Crippen molar-refractivity contribution in [1.29, 1.82) is 0 Å². The molecule has 30 heavy (non-hydrogen) atoms. The van der Waals surface area contributed by atoms with E-state index < -0.39 is 17.5 Å². The Morgan fingerprint density at radius 2 is 1.50 bits per heavy atom. The van der Waals surface area contributed by atoms with Gasteiger partial charge in [-0.2, -0.15) is 13.2 Å². The third kappa shape index (κ3) is 4.27. The van der Waals surface area contributed by atoms with E-state index in [4.69, 9.17) is 9.47 Å². The summed E-state index contributed by atoms with van der Waals surface area (Å²) in [5, 5.41) is 0. The fraction of sp³-hybridized carbons (Fsp3) is 0.348. The van der Waals surface area contributed by atoms with Gasteiger partial charge in [0.05, 0.1) is 31.6 Å². The Hall–Kier alpha value is -2.64. The van der Waals surface area contributed by atoms with Gasteiger partial charge in [0, 0.05) is 23.4 Å². The fourth-order valence-corrected chi connectivity index (χ4v) is 3.45. The lowest BCUT2D eigenvalue weighted by Crippen LogP contribution is -2.47. The van der Waals surface area contributed by atoms with E-state index in [9.17, 15) is 13.2 Å². The van der Waals surface area contributed by atoms with Gasteiger partial charge in [-0.25, -0.2) is 4.98 Å². The van der Waals surface area contributed by atoms with Crippen LogP contribution >= 0.6 is 0 Å². The van der Waals surface area contributed by atoms with Gasteiger partial charge in [-0.1, -0.05) is 50.2 Å². The highest BCUT2D eigenvalue weighted by Gasteiger charge is 2.42. The van der Waals surface area contributed by atoms with Crippen LogP contribution in [0.1, 0.15) is 25.0 Å². The number of hydrogen-bond donors (Lipinski definition) is 0. The summed E-state index contributed by atoms with van der Waals surface area (Å²) < 4.78 is 52.8. The van der Waals surface area contributed by atoms with Gasteiger partial charge in [0.15, 0.2) is 0 Å². The molecule has 1 fully saturated rings. The van der Waals surface area contributed by atoms with Crippen molar-refractivity contribution in [1.82, 2.24) is 9.55 Å². The third-order valence-electron chi connectivity index (χ3n) is 5.21. The zero-order chi connectivity index (χ0) is 21.4. The Kier molecular flexibility index (Phi) is 5.20. The van der Waals surface area contributed by atoms with Crippen LogP contribution in [-0.4, -0.2) is 22.8 Å². The Bertz CT molecular complexity index is 969. The summed E-state index contributed by atoms with van der Waals surface area (Å²) in [6.07, 6.45) is 0.926. The van der Waals surface area contributed by atoms with E-state index in [0.717, 1.165) is 23.3 Å². The Balaban J connectivity index is 1.61. The zero-order valence-electron chi connectivity index (χ0n) is 16.8. The van der Waals surface area contributed by atoms with Crippen molar-refractivity contribution in [2.45, 2.75) is 32.4 Å². The third-order valence-corrected chi connectivity index (χ3v) is 5.21. The van der Waals surface area contributed by atoms with Crippen LogP contribution in [-0.2, 0) is 28.0 Å². The molecule has 0 atom stereocenters. The molecule has 3 aromatic rings. The van der Waals surface area contributed by atoms with Crippen molar-refractivity contribution in [3.8, 4) is 11.1 Å². The predicted molar refractivity (Wildman–Crippen MR) is 106 cm³/mol. The quantitative estimate of drug-likeness (QED) is 0.564. The van der Waals surface area contributed by atoms with E-state index >= 15 is 0 Å². The summed E-state index contributed by atoms with van der Waals surface area (Å²) in [5.41, 5.74) is 1.64. The average molecular weight is 416 g/mol. The molecule has 4 rings (SSSR count). The van der Waals surface area contributed by atoms with Crippen LogP contribution in [0, 0.1) is 5.41 Å². The first-order valence-corrected chi connectivity index (χ1v) is 9.69. The first-order valence-electron chi connectivity index (χ1n) is 9.69. The summed E-state index contributed by atoms with van der Waals surface area (Å²) >= 11 is 0. The molecule has 158 valence electrons. The van der Waals surface area contributed by atoms with Gasteiger partial charge < -0.3 is 14.0 Å². The molecule has 2 heterocycles. The van der Waals surface area contributed by atoms with Gasteiger partial charge in [-0.15, -0.1) is 0 Å². The van der Waals surface area contributed by atoms with Crippen molar-refractivity contribution < 1.29 is 22.6 Å². The molecule has 1 aliphatic rings. The van der Waals surface area contributed by atoms with E-state index in [1.54, 1.807) is 12.5 Å². The van der Waals surface area contributed by atoms with Crippen molar-refractivity contribution >= 4 is 0 Å². The number of imidazole rings is 1. The van der Waals surface area contributed by atoms with E-state index in [1.165, 1.54) is 12.1 Å². The van der Waals surface area contributed by atoms with Crippen LogP contribution in [0.2, 0.25) is 0 Å². The molecule has 1 aromatic heterocycles. The van der Waals surface area contributed by atoms with Crippen molar-refractivity contribution in [3.05, 3.63) is 78.4 Å². The van der Waals surface area contributed by atoms with E-state index in [2.05, 4.69) is 18.8 Å². The van der Waals surface area contributed by atoms with Gasteiger partial charge in [0.2, 0.25) is 5.79 Å². The molecule has 1 saturated heterocycles. The van der Waals surface area contributed by atoms with Gasteiger partial charge in [-0.3, -0.25) is 0 Å². The minimum atomic E-state index is -4.34. The standard InChI is InChI=1S/C23H23F3N2O2/c1-21(2)14-29-22(30-15-21,13-28-12-11-27-16-28)19-7-3-17(4-8-19)18-5-9-20(10-6-18)23(24,25)26/h3-12,16H,13-15H2,1-2H3. The molecule has 4 nitrogen and oxygen atoms in total. The lowest BCUT2D eigenvalue weighted by atomic mass is 9.92. The number of rotatable bonds is 4. The van der Waals surface area contributed by atoms with Gasteiger partial charge in [0.25, 0.3) is 0 Å². The first kappa shape index (κ1) is 20.6. The number of alkyl halides is 3. The average Bonchev–Trinajstić information content (AvgIpc) is 3.22. The first-order chi connectivity index (χ1) is 14.2. The molecule has 0 unspecified atom stereocenters. The maximum atomic E-state index is 12.8. The zero-order valence-corrected chi connectivity index (χ0v) is 16.8. The van der Waals surface area contributed by atoms with E-state index in [1.807, 2.05) is 35.0 Å². The number of halogens is 3. The van der Waals surface area contributed by atoms with Gasteiger partial charge in [0.1, 0.15) is 0 Å². The van der Waals surface area contributed by atoms with Crippen molar-refractivity contribution in [2.75, 3.05) is 13.2 Å². The highest BCUT2D eigenvalue weighted by molar-refractivity contribution is 5.64. The molecule has 0 N–H and O–H groups in total. The van der Waals surface area contributed by atoms with Crippen LogP contribution in [0.3, 0.4) is 0 Å². The normalized spacial score (nSPS) is 18.3. The summed E-state index contributed by atoms with van der Waals surface area (Å²) in [5.74, 6) is -0.950. The van der Waals surface area contributed by atoms with Crippen molar-refractivity contribution in [2.24, 2.45) is 5.41 Å². The molecule has 1 aliphatic heterocycles. The van der Waals surface area contributed by atoms with Crippen LogP contribution in [0.4, 0.5) is 13.2 Å². The lowest BCUT2D eigenvalue weighted by Gasteiger charge is -2.43. The minimum absolute atomic E-state index is 0.0847. The fourth-order valence-electron chi connectivity index (χ4n) is 3.45. The highest BCUT2D eigenvalue weighted by Crippen LogP contribution is 2.39. The van der Waals surface area contributed by atoms with E-state index in [0.29, 0.717) is 25.3 Å². The molecule has 0 radical (unpaired) electrons. The van der Waals surface area contributed by atoms with E-state index in [-0.39, 0.29) is 5.41 Å². The lowest BCUT2D eigenvalue weighted by molar-refractivity contribution is -0.314. The second-order valence-corrected chi connectivity index (χ2v) is 8.38. The molecular formula is C23H23F3N2O2. The van der Waals surface area contributed by atoms with Gasteiger partial charge in [-0.05, 0) is 23.3 Å². The Labute approximate surface area is 173 Å². The Morgan fingerprint density at radius 3 is 2.00 bits per heavy atom. The molecule has 2 aromatic carbocycles. The molecule has 7 heteroatoms. The topological polar surface area (TPSA) is 36.3 Å². The van der Waals surface area contributed by atoms with Crippen molar-refractivity contribution in [3.63, 3.8) is 0 Å². The number of aromatic nitrogens is 2. The van der Waals surface area contributed by atoms with Gasteiger partial charge >= 0.3 is 6.18 Å². The predicted octanol–water partition coefficient (Wildman–Crippen LogP) is 5.49. The summed E-state index contributed by atoms with van der Waals surface area (Å²) in [6, 6.07) is 12.7. The second-order valence-electron chi connectivity index (χ2n) is 8.38. The summed E-state index contributed by atoms with van der Waals surface area (Å²) in [4.78, 5) is 4.09. The summed E-state index contributed by atoms with van der Waals surface area (Å²) in [7, 11) is 0. The highest BCUT2D eigenvalue weighted by atomic mass is 19.4. The monoisotopic (exact) mass is 416 g/mol. The number of ether oxygens (including phenoxy) is 2. The molecule has 0 aliphatic carbocycles. The van der Waals surface area contributed by atoms with Crippen LogP contribution in [0.25, 0.3) is 11.1 Å². The second kappa shape index (κ2) is 7.56. The number of nitrogens with zero attached hydrogens (tertiary/aromatic N) is 2. The molecule has 0 spiro atoms. The SMILES string of the molecule is CC1(C)COC(Cn2ccnc2)(c2ccc(-c3ccc(C(F)(F)F)cc3)cc2)OC1. The smallest absolute Gasteiger partial charge is 0.344 e. The molecule has 0 saturated carbocycles. The number of benzene rings is 2. The minimum Gasteiger partial charge on any atom is -0.344 e. The molecule has 0 amide bonds. The molecule has 0 bridgehead atoms. The largest absolute Gasteiger partial charge is 0.416 e. The van der Waals surface area contributed by atoms with Crippen LogP contribution < -0.4 is 0 Å². The number of hydrogen-bond acceptors (Lipinski definition) is 3. The Morgan fingerprint density at radius 1 is 0.933 bits per heavy atom. The van der Waals surface area contributed by atoms with Crippen LogP contribution in [0.5, 0.6) is 0 Å². The maximum absolute atomic E-state index is 12.8. The summed E-state index contributed by atoms with van der Waals surface area (Å²) in [6.45, 7) is 5.71. The maximum Gasteiger partial charge on any atom is 0.416 e. The van der Waals surface area contributed by atoms with Crippen LogP contribution in [0.15, 0.2) is 67.3 Å².